The van der Waals surface area contributed by atoms with E-state index in [2.05, 4.69) is 23.6 Å². The Labute approximate surface area is 200 Å². The smallest absolute Gasteiger partial charge is 0.261 e. The van der Waals surface area contributed by atoms with Crippen LogP contribution in [0.2, 0.25) is 0 Å². The summed E-state index contributed by atoms with van der Waals surface area (Å²) in [5.41, 5.74) is 0.227. The summed E-state index contributed by atoms with van der Waals surface area (Å²) < 4.78 is 0.946. The van der Waals surface area contributed by atoms with Gasteiger partial charge in [0.2, 0.25) is 0 Å². The Kier molecular flexibility index (Phi) is 6.11. The predicted molar refractivity (Wildman–Crippen MR) is 136 cm³/mol. The van der Waals surface area contributed by atoms with Crippen LogP contribution in [-0.4, -0.2) is 75.4 Å². The summed E-state index contributed by atoms with van der Waals surface area (Å²) in [6.07, 6.45) is 2.02. The molecule has 2 aromatic rings. The highest BCUT2D eigenvalue weighted by atomic mass is 32.2. The van der Waals surface area contributed by atoms with Crippen molar-refractivity contribution in [1.82, 2.24) is 14.7 Å². The van der Waals surface area contributed by atoms with E-state index in [4.69, 9.17) is 12.2 Å². The number of nitrogens with zero attached hydrogens (tertiary/aromatic N) is 3. The fourth-order valence-corrected chi connectivity index (χ4v) is 5.43. The van der Waals surface area contributed by atoms with Crippen LogP contribution >= 0.6 is 24.0 Å². The number of amides is 2. The number of hydrogen-bond donors (Lipinski definition) is 0. The van der Waals surface area contributed by atoms with Gasteiger partial charge in [0.15, 0.2) is 0 Å². The molecule has 32 heavy (non-hydrogen) atoms. The van der Waals surface area contributed by atoms with Gasteiger partial charge in [-0.05, 0) is 37.6 Å². The largest absolute Gasteiger partial charge is 0.355 e. The number of imide groups is 1. The molecule has 2 aliphatic rings. The minimum absolute atomic E-state index is 0.201. The molecule has 1 fully saturated rings. The van der Waals surface area contributed by atoms with Crippen molar-refractivity contribution >= 4 is 50.9 Å². The molecule has 0 atom stereocenters. The van der Waals surface area contributed by atoms with E-state index in [-0.39, 0.29) is 17.2 Å². The first-order valence-electron chi connectivity index (χ1n) is 11.0. The zero-order chi connectivity index (χ0) is 23.3. The molecule has 0 bridgehead atoms. The van der Waals surface area contributed by atoms with E-state index in [1.807, 2.05) is 56.5 Å². The number of thioether (sulfide) groups is 1. The molecule has 0 unspecified atom stereocenters. The monoisotopic (exact) mass is 469 g/mol. The van der Waals surface area contributed by atoms with Gasteiger partial charge in [0.1, 0.15) is 4.32 Å². The summed E-state index contributed by atoms with van der Waals surface area (Å²) in [5, 5.41) is 1.70. The van der Waals surface area contributed by atoms with Gasteiger partial charge in [0, 0.05) is 54.7 Å². The van der Waals surface area contributed by atoms with Crippen molar-refractivity contribution in [1.29, 1.82) is 0 Å². The molecule has 0 spiro atoms. The van der Waals surface area contributed by atoms with E-state index in [1.54, 1.807) is 11.8 Å². The zero-order valence-corrected chi connectivity index (χ0v) is 21.1. The molecule has 7 heteroatoms. The van der Waals surface area contributed by atoms with Crippen LogP contribution in [-0.2, 0) is 0 Å². The summed E-state index contributed by atoms with van der Waals surface area (Å²) in [6.45, 7) is 12.8. The lowest BCUT2D eigenvalue weighted by atomic mass is 9.71. The first-order valence-corrected chi connectivity index (χ1v) is 12.7. The molecule has 2 aliphatic heterocycles. The second kappa shape index (κ2) is 8.43. The van der Waals surface area contributed by atoms with Crippen molar-refractivity contribution in [3.8, 4) is 0 Å². The van der Waals surface area contributed by atoms with Gasteiger partial charge in [-0.15, -0.1) is 11.8 Å². The fourth-order valence-electron chi connectivity index (χ4n) is 4.81. The van der Waals surface area contributed by atoms with Gasteiger partial charge < -0.3 is 4.90 Å². The van der Waals surface area contributed by atoms with Gasteiger partial charge >= 0.3 is 0 Å². The highest BCUT2D eigenvalue weighted by molar-refractivity contribution is 8.22. The van der Waals surface area contributed by atoms with Crippen molar-refractivity contribution in [3.63, 3.8) is 0 Å². The quantitative estimate of drug-likeness (QED) is 0.485. The average molecular weight is 470 g/mol. The molecule has 4 rings (SSSR count). The standard InChI is InChI=1S/C25H31N3O2S2/c1-24(2,16-26-12-14-27(15-13-26)23(31)32-5)25(3,4)28-21(29)18-10-6-8-17-9-7-11-19(20(17)18)22(28)30/h6-11H,12-16H2,1-5H3. The molecule has 1 saturated heterocycles. The van der Waals surface area contributed by atoms with Gasteiger partial charge in [-0.25, -0.2) is 0 Å². The highest BCUT2D eigenvalue weighted by Crippen LogP contribution is 2.41. The number of benzene rings is 2. The molecule has 0 saturated carbocycles. The van der Waals surface area contributed by atoms with Crippen molar-refractivity contribution < 1.29 is 9.59 Å². The topological polar surface area (TPSA) is 43.9 Å². The lowest BCUT2D eigenvalue weighted by Crippen LogP contribution is -2.63. The van der Waals surface area contributed by atoms with Crippen molar-refractivity contribution in [2.45, 2.75) is 33.2 Å². The lowest BCUT2D eigenvalue weighted by Gasteiger charge is -2.51. The average Bonchev–Trinajstić information content (AvgIpc) is 2.77. The van der Waals surface area contributed by atoms with E-state index >= 15 is 0 Å². The Hall–Kier alpha value is -1.96. The molecular formula is C25H31N3O2S2. The molecular weight excluding hydrogens is 438 g/mol. The third kappa shape index (κ3) is 3.74. The summed E-state index contributed by atoms with van der Waals surface area (Å²) in [5.74, 6) is -0.403. The number of piperazine rings is 1. The SMILES string of the molecule is CSC(=S)N1CCN(CC(C)(C)C(C)(C)N2C(=O)c3cccc4cccc(c34)C2=O)CC1. The maximum Gasteiger partial charge on any atom is 0.261 e. The Morgan fingerprint density at radius 1 is 0.938 bits per heavy atom. The zero-order valence-electron chi connectivity index (χ0n) is 19.5. The number of carbonyl (C=O) groups is 2. The maximum absolute atomic E-state index is 13.6. The first-order chi connectivity index (χ1) is 15.1. The van der Waals surface area contributed by atoms with Crippen molar-refractivity contribution in [2.75, 3.05) is 39.0 Å². The number of hydrogen-bond acceptors (Lipinski definition) is 5. The Morgan fingerprint density at radius 2 is 1.47 bits per heavy atom. The van der Waals surface area contributed by atoms with Crippen LogP contribution in [0.5, 0.6) is 0 Å². The van der Waals surface area contributed by atoms with E-state index in [0.29, 0.717) is 11.1 Å². The van der Waals surface area contributed by atoms with Crippen LogP contribution in [0, 0.1) is 5.41 Å². The Bertz CT molecular complexity index is 1040. The summed E-state index contributed by atoms with van der Waals surface area (Å²) in [4.78, 5) is 33.4. The highest BCUT2D eigenvalue weighted by Gasteiger charge is 2.50. The van der Waals surface area contributed by atoms with E-state index < -0.39 is 5.54 Å². The third-order valence-electron chi connectivity index (χ3n) is 7.41. The molecule has 2 aromatic carbocycles. The second-order valence-corrected chi connectivity index (χ2v) is 11.3. The summed E-state index contributed by atoms with van der Waals surface area (Å²) in [7, 11) is 0. The molecule has 170 valence electrons. The number of carbonyl (C=O) groups excluding carboxylic acids is 2. The van der Waals surface area contributed by atoms with E-state index in [1.165, 1.54) is 4.90 Å². The Balaban J connectivity index is 1.59. The lowest BCUT2D eigenvalue weighted by molar-refractivity contribution is -0.00335. The van der Waals surface area contributed by atoms with Gasteiger partial charge in [-0.2, -0.15) is 0 Å². The normalized spacial score (nSPS) is 17.9. The minimum atomic E-state index is -0.678. The molecule has 2 amide bonds. The van der Waals surface area contributed by atoms with Gasteiger partial charge in [0.25, 0.3) is 11.8 Å². The molecule has 2 heterocycles. The van der Waals surface area contributed by atoms with Crippen LogP contribution < -0.4 is 0 Å². The predicted octanol–water partition coefficient (Wildman–Crippen LogP) is 4.51. The summed E-state index contributed by atoms with van der Waals surface area (Å²) >= 11 is 7.06. The Morgan fingerprint density at radius 3 is 1.97 bits per heavy atom. The molecule has 5 nitrogen and oxygen atoms in total. The van der Waals surface area contributed by atoms with Crippen LogP contribution in [0.3, 0.4) is 0 Å². The number of thiocarbonyl (C=S) groups is 1. The van der Waals surface area contributed by atoms with E-state index in [0.717, 1.165) is 47.8 Å². The maximum atomic E-state index is 13.6. The molecule has 0 aromatic heterocycles. The molecule has 0 N–H and O–H groups in total. The number of rotatable bonds is 4. The van der Waals surface area contributed by atoms with Crippen LogP contribution in [0.15, 0.2) is 36.4 Å². The van der Waals surface area contributed by atoms with Crippen LogP contribution in [0.1, 0.15) is 48.4 Å². The van der Waals surface area contributed by atoms with E-state index in [9.17, 15) is 9.59 Å². The fraction of sp³-hybridized carbons (Fsp3) is 0.480. The second-order valence-electron chi connectivity index (χ2n) is 9.83. The van der Waals surface area contributed by atoms with Gasteiger partial charge in [0.05, 0.1) is 5.54 Å². The minimum Gasteiger partial charge on any atom is -0.355 e. The third-order valence-corrected chi connectivity index (χ3v) is 8.78. The molecule has 0 aliphatic carbocycles. The van der Waals surface area contributed by atoms with Crippen molar-refractivity contribution in [2.24, 2.45) is 5.41 Å². The van der Waals surface area contributed by atoms with Crippen molar-refractivity contribution in [3.05, 3.63) is 47.5 Å². The van der Waals surface area contributed by atoms with Crippen LogP contribution in [0.25, 0.3) is 10.8 Å². The first kappa shape index (κ1) is 23.2. The van der Waals surface area contributed by atoms with Gasteiger partial charge in [-0.1, -0.05) is 50.3 Å². The molecule has 0 radical (unpaired) electrons. The summed E-state index contributed by atoms with van der Waals surface area (Å²) in [6, 6.07) is 11.4. The van der Waals surface area contributed by atoms with Gasteiger partial charge in [-0.3, -0.25) is 19.4 Å². The van der Waals surface area contributed by atoms with Crippen LogP contribution in [0.4, 0.5) is 0 Å².